The van der Waals surface area contributed by atoms with E-state index in [9.17, 15) is 8.42 Å². The van der Waals surface area contributed by atoms with Gasteiger partial charge in [0, 0.05) is 23.5 Å². The molecule has 0 aliphatic heterocycles. The number of aromatic nitrogens is 4. The number of alkyl halides is 1. The van der Waals surface area contributed by atoms with E-state index in [0.717, 1.165) is 29.6 Å². The second-order valence-corrected chi connectivity index (χ2v) is 10.1. The van der Waals surface area contributed by atoms with Gasteiger partial charge in [-0.15, -0.1) is 11.6 Å². The minimum atomic E-state index is -3.39. The van der Waals surface area contributed by atoms with Crippen LogP contribution in [0.1, 0.15) is 51.0 Å². The van der Waals surface area contributed by atoms with Gasteiger partial charge in [-0.3, -0.25) is 4.72 Å². The molecule has 31 heavy (non-hydrogen) atoms. The van der Waals surface area contributed by atoms with E-state index < -0.39 is 10.0 Å². The smallest absolute Gasteiger partial charge is 0.232 e. The van der Waals surface area contributed by atoms with Crippen molar-refractivity contribution in [3.63, 3.8) is 0 Å². The van der Waals surface area contributed by atoms with E-state index in [-0.39, 0.29) is 5.75 Å². The highest BCUT2D eigenvalue weighted by Gasteiger charge is 2.18. The summed E-state index contributed by atoms with van der Waals surface area (Å²) in [5.41, 5.74) is 2.11. The highest BCUT2D eigenvalue weighted by Crippen LogP contribution is 2.29. The fourth-order valence-corrected chi connectivity index (χ4v) is 5.31. The maximum atomic E-state index is 12.0. The van der Waals surface area contributed by atoms with E-state index in [4.69, 9.17) is 16.6 Å². The quantitative estimate of drug-likeness (QED) is 0.367. The minimum absolute atomic E-state index is 0.000960. The van der Waals surface area contributed by atoms with Gasteiger partial charge in [-0.1, -0.05) is 25.7 Å². The number of halogens is 1. The van der Waals surface area contributed by atoms with E-state index in [1.54, 1.807) is 30.5 Å². The summed E-state index contributed by atoms with van der Waals surface area (Å²) in [4.78, 5) is 9.10. The first-order valence-electron chi connectivity index (χ1n) is 10.7. The summed E-state index contributed by atoms with van der Waals surface area (Å²) in [6.07, 6.45) is 11.3. The lowest BCUT2D eigenvalue weighted by Gasteiger charge is -2.15. The van der Waals surface area contributed by atoms with Crippen molar-refractivity contribution < 1.29 is 8.42 Å². The van der Waals surface area contributed by atoms with Crippen molar-refractivity contribution in [1.29, 1.82) is 0 Å². The first-order chi connectivity index (χ1) is 15.0. The van der Waals surface area contributed by atoms with Gasteiger partial charge in [0.2, 0.25) is 16.0 Å². The molecule has 3 aromatic rings. The molecule has 0 spiro atoms. The second-order valence-electron chi connectivity index (χ2n) is 7.87. The topological polar surface area (TPSA) is 102 Å². The summed E-state index contributed by atoms with van der Waals surface area (Å²) >= 11 is 5.58. The molecule has 0 bridgehead atoms. The highest BCUT2D eigenvalue weighted by molar-refractivity contribution is 7.92. The highest BCUT2D eigenvalue weighted by atomic mass is 35.5. The van der Waals surface area contributed by atoms with Crippen molar-refractivity contribution in [3.05, 3.63) is 36.7 Å². The molecule has 8 nitrogen and oxygen atoms in total. The zero-order chi connectivity index (χ0) is 21.7. The fourth-order valence-electron chi connectivity index (χ4n) is 3.89. The van der Waals surface area contributed by atoms with Gasteiger partial charge in [0.1, 0.15) is 0 Å². The van der Waals surface area contributed by atoms with Crippen LogP contribution in [0, 0.1) is 0 Å². The number of fused-ring (bicyclic) bond motifs is 1. The molecule has 2 N–H and O–H groups in total. The Balaban J connectivity index is 1.47. The molecule has 0 amide bonds. The first kappa shape index (κ1) is 21.8. The standard InChI is InChI=1S/C21H27ClN6O2S/c22-12-5-13-31(29,30)27-18-10-8-17(9-11-18)25-21-23-14-16-15-24-28(20(16)26-21)19-6-3-1-2-4-7-19/h8-11,14-15,19,27H,1-7,12-13H2,(H,23,25,26). The molecule has 2 aromatic heterocycles. The molecule has 0 unspecified atom stereocenters. The zero-order valence-electron chi connectivity index (χ0n) is 17.3. The number of benzene rings is 1. The lowest BCUT2D eigenvalue weighted by Crippen LogP contribution is -2.16. The summed E-state index contributed by atoms with van der Waals surface area (Å²) < 4.78 is 28.6. The van der Waals surface area contributed by atoms with Crippen LogP contribution in [-0.2, 0) is 10.0 Å². The molecule has 1 aromatic carbocycles. The lowest BCUT2D eigenvalue weighted by atomic mass is 10.1. The Morgan fingerprint density at radius 1 is 1.03 bits per heavy atom. The van der Waals surface area contributed by atoms with Crippen LogP contribution in [0.4, 0.5) is 17.3 Å². The van der Waals surface area contributed by atoms with Gasteiger partial charge in [0.25, 0.3) is 0 Å². The maximum Gasteiger partial charge on any atom is 0.232 e. The van der Waals surface area contributed by atoms with Gasteiger partial charge in [0.15, 0.2) is 5.65 Å². The Bertz CT molecular complexity index is 1110. The van der Waals surface area contributed by atoms with Crippen molar-refractivity contribution >= 4 is 50.0 Å². The molecule has 1 fully saturated rings. The Morgan fingerprint density at radius 2 is 1.74 bits per heavy atom. The van der Waals surface area contributed by atoms with E-state index in [2.05, 4.69) is 20.1 Å². The third-order valence-corrected chi connectivity index (χ3v) is 7.11. The predicted octanol–water partition coefficient (Wildman–Crippen LogP) is 4.84. The van der Waals surface area contributed by atoms with Crippen LogP contribution in [0.2, 0.25) is 0 Å². The minimum Gasteiger partial charge on any atom is -0.324 e. The summed E-state index contributed by atoms with van der Waals surface area (Å²) in [5.74, 6) is 0.797. The van der Waals surface area contributed by atoms with Crippen LogP contribution in [0.3, 0.4) is 0 Å². The van der Waals surface area contributed by atoms with Crippen LogP contribution < -0.4 is 10.0 Å². The van der Waals surface area contributed by atoms with Crippen LogP contribution in [0.25, 0.3) is 11.0 Å². The average Bonchev–Trinajstić information content (AvgIpc) is 2.98. The molecule has 10 heteroatoms. The Morgan fingerprint density at radius 3 is 2.45 bits per heavy atom. The molecule has 1 aliphatic rings. The number of sulfonamides is 1. The van der Waals surface area contributed by atoms with Crippen LogP contribution in [-0.4, -0.2) is 39.8 Å². The Kier molecular flexibility index (Phi) is 6.92. The van der Waals surface area contributed by atoms with Crippen LogP contribution in [0.5, 0.6) is 0 Å². The number of rotatable bonds is 8. The van der Waals surface area contributed by atoms with E-state index in [1.165, 1.54) is 25.7 Å². The summed E-state index contributed by atoms with van der Waals surface area (Å²) in [5, 5.41) is 8.71. The van der Waals surface area contributed by atoms with Gasteiger partial charge in [-0.05, 0) is 43.5 Å². The average molecular weight is 463 g/mol. The molecule has 0 saturated heterocycles. The Labute approximate surface area is 187 Å². The first-order valence-corrected chi connectivity index (χ1v) is 12.9. The third-order valence-electron chi connectivity index (χ3n) is 5.47. The van der Waals surface area contributed by atoms with Gasteiger partial charge < -0.3 is 5.32 Å². The SMILES string of the molecule is O=S(=O)(CCCCl)Nc1ccc(Nc2ncc3cnn(C4CCCCCC4)c3n2)cc1. The fraction of sp³-hybridized carbons (Fsp3) is 0.476. The molecule has 4 rings (SSSR count). The molecule has 1 saturated carbocycles. The largest absolute Gasteiger partial charge is 0.324 e. The number of anilines is 3. The van der Waals surface area contributed by atoms with Crippen molar-refractivity contribution in [2.24, 2.45) is 0 Å². The number of hydrogen-bond acceptors (Lipinski definition) is 6. The normalized spacial score (nSPS) is 15.6. The molecule has 1 aliphatic carbocycles. The molecule has 0 radical (unpaired) electrons. The second kappa shape index (κ2) is 9.82. The summed E-state index contributed by atoms with van der Waals surface area (Å²) in [6, 6.07) is 7.36. The maximum absolute atomic E-state index is 12.0. The lowest BCUT2D eigenvalue weighted by molar-refractivity contribution is 0.415. The van der Waals surface area contributed by atoms with E-state index in [0.29, 0.717) is 30.0 Å². The zero-order valence-corrected chi connectivity index (χ0v) is 18.9. The molecule has 2 heterocycles. The van der Waals surface area contributed by atoms with Gasteiger partial charge in [0.05, 0.1) is 23.4 Å². The van der Waals surface area contributed by atoms with E-state index in [1.807, 2.05) is 10.9 Å². The summed E-state index contributed by atoms with van der Waals surface area (Å²) in [7, 11) is -3.39. The van der Waals surface area contributed by atoms with Gasteiger partial charge in [-0.25, -0.2) is 18.1 Å². The third kappa shape index (κ3) is 5.65. The Hall–Kier alpha value is -2.39. The van der Waals surface area contributed by atoms with Crippen LogP contribution in [0.15, 0.2) is 36.7 Å². The monoisotopic (exact) mass is 462 g/mol. The number of nitrogens with zero attached hydrogens (tertiary/aromatic N) is 4. The van der Waals surface area contributed by atoms with Crippen molar-refractivity contribution in [2.45, 2.75) is 51.0 Å². The number of hydrogen-bond donors (Lipinski definition) is 2. The van der Waals surface area contributed by atoms with Crippen molar-refractivity contribution in [1.82, 2.24) is 19.7 Å². The van der Waals surface area contributed by atoms with Crippen molar-refractivity contribution in [3.8, 4) is 0 Å². The van der Waals surface area contributed by atoms with Crippen LogP contribution >= 0.6 is 11.6 Å². The molecular formula is C21H27ClN6O2S. The summed E-state index contributed by atoms with van der Waals surface area (Å²) in [6.45, 7) is 0. The predicted molar refractivity (Wildman–Crippen MR) is 125 cm³/mol. The van der Waals surface area contributed by atoms with Gasteiger partial charge >= 0.3 is 0 Å². The molecule has 166 valence electrons. The molecular weight excluding hydrogens is 436 g/mol. The molecule has 0 atom stereocenters. The van der Waals surface area contributed by atoms with Crippen molar-refractivity contribution in [2.75, 3.05) is 21.7 Å². The number of nitrogens with one attached hydrogen (secondary N) is 2. The van der Waals surface area contributed by atoms with E-state index >= 15 is 0 Å². The van der Waals surface area contributed by atoms with Gasteiger partial charge in [-0.2, -0.15) is 10.1 Å².